The summed E-state index contributed by atoms with van der Waals surface area (Å²) in [7, 11) is 1.60. The first-order valence-corrected chi connectivity index (χ1v) is 7.06. The molecular formula is C18H22O3. The molecule has 3 nitrogen and oxygen atoms in total. The molecule has 21 heavy (non-hydrogen) atoms. The average Bonchev–Trinajstić information content (AvgIpc) is 2.48. The summed E-state index contributed by atoms with van der Waals surface area (Å²) in [5.41, 5.74) is 4.47. The van der Waals surface area contributed by atoms with Gasteiger partial charge in [0, 0.05) is 0 Å². The fraction of sp³-hybridized carbons (Fsp3) is 0.333. The lowest BCUT2D eigenvalue weighted by Gasteiger charge is -2.14. The molecule has 0 fully saturated rings. The van der Waals surface area contributed by atoms with Gasteiger partial charge in [0.2, 0.25) is 0 Å². The van der Waals surface area contributed by atoms with Crippen LogP contribution in [0.3, 0.4) is 0 Å². The minimum Gasteiger partial charge on any atom is -0.493 e. The average molecular weight is 286 g/mol. The zero-order chi connectivity index (χ0) is 15.4. The summed E-state index contributed by atoms with van der Waals surface area (Å²) in [6, 6.07) is 11.8. The molecule has 1 atom stereocenters. The van der Waals surface area contributed by atoms with Crippen molar-refractivity contribution in [3.05, 3.63) is 58.7 Å². The van der Waals surface area contributed by atoms with Crippen molar-refractivity contribution in [3.8, 4) is 11.5 Å². The highest BCUT2D eigenvalue weighted by Gasteiger charge is 2.09. The van der Waals surface area contributed by atoms with Crippen LogP contribution < -0.4 is 9.47 Å². The molecule has 1 N–H and O–H groups in total. The van der Waals surface area contributed by atoms with Crippen LogP contribution in [0.4, 0.5) is 0 Å². The van der Waals surface area contributed by atoms with E-state index in [9.17, 15) is 5.11 Å². The van der Waals surface area contributed by atoms with Crippen LogP contribution in [0.15, 0.2) is 36.4 Å². The maximum Gasteiger partial charge on any atom is 0.161 e. The molecule has 2 rings (SSSR count). The highest BCUT2D eigenvalue weighted by Crippen LogP contribution is 2.31. The molecule has 0 saturated heterocycles. The summed E-state index contributed by atoms with van der Waals surface area (Å²) in [4.78, 5) is 0. The number of hydrogen-bond donors (Lipinski definition) is 1. The van der Waals surface area contributed by atoms with Crippen molar-refractivity contribution in [2.45, 2.75) is 33.5 Å². The number of aryl methyl sites for hydroxylation is 2. The molecule has 0 aromatic heterocycles. The minimum atomic E-state index is -0.521. The number of hydrogen-bond acceptors (Lipinski definition) is 3. The molecular weight excluding hydrogens is 264 g/mol. The van der Waals surface area contributed by atoms with Crippen LogP contribution >= 0.6 is 0 Å². The van der Waals surface area contributed by atoms with Crippen molar-refractivity contribution in [2.24, 2.45) is 0 Å². The van der Waals surface area contributed by atoms with Gasteiger partial charge in [0.15, 0.2) is 11.5 Å². The van der Waals surface area contributed by atoms with E-state index in [4.69, 9.17) is 9.47 Å². The number of methoxy groups -OCH3 is 1. The summed E-state index contributed by atoms with van der Waals surface area (Å²) in [6.07, 6.45) is -0.521. The van der Waals surface area contributed by atoms with Gasteiger partial charge in [-0.15, -0.1) is 0 Å². The highest BCUT2D eigenvalue weighted by atomic mass is 16.5. The molecule has 3 heteroatoms. The van der Waals surface area contributed by atoms with Crippen molar-refractivity contribution in [1.29, 1.82) is 0 Å². The summed E-state index contributed by atoms with van der Waals surface area (Å²) >= 11 is 0. The third-order valence-corrected chi connectivity index (χ3v) is 3.64. The molecule has 2 aromatic rings. The zero-order valence-electron chi connectivity index (χ0n) is 13.0. The Hall–Kier alpha value is -2.00. The second kappa shape index (κ2) is 6.64. The molecule has 0 unspecified atom stereocenters. The van der Waals surface area contributed by atoms with Crippen LogP contribution in [-0.4, -0.2) is 12.2 Å². The fourth-order valence-corrected chi connectivity index (χ4v) is 2.12. The molecule has 0 aliphatic heterocycles. The Balaban J connectivity index is 2.13. The van der Waals surface area contributed by atoms with E-state index in [-0.39, 0.29) is 0 Å². The van der Waals surface area contributed by atoms with Gasteiger partial charge in [-0.3, -0.25) is 0 Å². The van der Waals surface area contributed by atoms with Crippen LogP contribution in [0.2, 0.25) is 0 Å². The van der Waals surface area contributed by atoms with E-state index in [2.05, 4.69) is 32.0 Å². The molecule has 0 heterocycles. The van der Waals surface area contributed by atoms with E-state index in [1.807, 2.05) is 12.1 Å². The zero-order valence-corrected chi connectivity index (χ0v) is 13.0. The monoisotopic (exact) mass is 286 g/mol. The Morgan fingerprint density at radius 1 is 1.00 bits per heavy atom. The largest absolute Gasteiger partial charge is 0.493 e. The summed E-state index contributed by atoms with van der Waals surface area (Å²) in [5, 5.41) is 9.60. The Labute approximate surface area is 126 Å². The standard InChI is InChI=1S/C18H22O3/c1-12-5-6-15(9-13(12)2)11-21-17-8-7-16(14(3)19)10-18(17)20-4/h5-10,14,19H,11H2,1-4H3/t14-/m1/s1. The number of benzene rings is 2. The van der Waals surface area contributed by atoms with E-state index in [1.54, 1.807) is 20.1 Å². The smallest absolute Gasteiger partial charge is 0.161 e. The predicted octanol–water partition coefficient (Wildman–Crippen LogP) is 3.94. The lowest BCUT2D eigenvalue weighted by atomic mass is 10.1. The summed E-state index contributed by atoms with van der Waals surface area (Å²) in [5.74, 6) is 1.32. The fourth-order valence-electron chi connectivity index (χ4n) is 2.12. The van der Waals surface area contributed by atoms with Crippen molar-refractivity contribution >= 4 is 0 Å². The molecule has 0 saturated carbocycles. The van der Waals surface area contributed by atoms with Crippen LogP contribution in [0, 0.1) is 13.8 Å². The topological polar surface area (TPSA) is 38.7 Å². The van der Waals surface area contributed by atoms with Gasteiger partial charge >= 0.3 is 0 Å². The Morgan fingerprint density at radius 2 is 1.76 bits per heavy atom. The van der Waals surface area contributed by atoms with Gasteiger partial charge in [0.05, 0.1) is 13.2 Å². The first-order valence-electron chi connectivity index (χ1n) is 7.06. The second-order valence-corrected chi connectivity index (χ2v) is 5.29. The number of aliphatic hydroxyl groups excluding tert-OH is 1. The van der Waals surface area contributed by atoms with Gasteiger partial charge in [0.1, 0.15) is 6.61 Å². The molecule has 2 aromatic carbocycles. The Bertz CT molecular complexity index is 618. The highest BCUT2D eigenvalue weighted by molar-refractivity contribution is 5.43. The molecule has 0 radical (unpaired) electrons. The van der Waals surface area contributed by atoms with Crippen molar-refractivity contribution in [2.75, 3.05) is 7.11 Å². The van der Waals surface area contributed by atoms with Crippen molar-refractivity contribution < 1.29 is 14.6 Å². The lowest BCUT2D eigenvalue weighted by Crippen LogP contribution is -2.00. The third-order valence-electron chi connectivity index (χ3n) is 3.64. The van der Waals surface area contributed by atoms with E-state index < -0.39 is 6.10 Å². The molecule has 0 bridgehead atoms. The molecule has 0 aliphatic rings. The molecule has 0 aliphatic carbocycles. The lowest BCUT2D eigenvalue weighted by molar-refractivity contribution is 0.198. The first-order chi connectivity index (χ1) is 10.0. The van der Waals surface area contributed by atoms with E-state index >= 15 is 0 Å². The number of ether oxygens (including phenoxy) is 2. The minimum absolute atomic E-state index is 0.492. The van der Waals surface area contributed by atoms with Crippen LogP contribution in [0.25, 0.3) is 0 Å². The quantitative estimate of drug-likeness (QED) is 0.904. The maximum atomic E-state index is 9.60. The first kappa shape index (κ1) is 15.4. The van der Waals surface area contributed by atoms with Gasteiger partial charge in [-0.25, -0.2) is 0 Å². The van der Waals surface area contributed by atoms with Gasteiger partial charge in [-0.2, -0.15) is 0 Å². The molecule has 0 amide bonds. The van der Waals surface area contributed by atoms with E-state index in [0.29, 0.717) is 18.1 Å². The van der Waals surface area contributed by atoms with Crippen molar-refractivity contribution in [1.82, 2.24) is 0 Å². The van der Waals surface area contributed by atoms with E-state index in [0.717, 1.165) is 11.1 Å². The van der Waals surface area contributed by atoms with Crippen LogP contribution in [0.1, 0.15) is 35.3 Å². The molecule has 112 valence electrons. The van der Waals surface area contributed by atoms with Crippen molar-refractivity contribution in [3.63, 3.8) is 0 Å². The number of aliphatic hydroxyl groups is 1. The van der Waals surface area contributed by atoms with E-state index in [1.165, 1.54) is 11.1 Å². The molecule has 0 spiro atoms. The predicted molar refractivity (Wildman–Crippen MR) is 83.9 cm³/mol. The van der Waals surface area contributed by atoms with Gasteiger partial charge in [-0.05, 0) is 55.2 Å². The maximum absolute atomic E-state index is 9.60. The Kier molecular flexibility index (Phi) is 4.86. The summed E-state index contributed by atoms with van der Waals surface area (Å²) < 4.78 is 11.2. The summed E-state index contributed by atoms with van der Waals surface area (Å²) in [6.45, 7) is 6.41. The third kappa shape index (κ3) is 3.76. The SMILES string of the molecule is COc1cc([C@@H](C)O)ccc1OCc1ccc(C)c(C)c1. The van der Waals surface area contributed by atoms with Crippen LogP contribution in [0.5, 0.6) is 11.5 Å². The second-order valence-electron chi connectivity index (χ2n) is 5.29. The van der Waals surface area contributed by atoms with Gasteiger partial charge in [-0.1, -0.05) is 24.3 Å². The Morgan fingerprint density at radius 3 is 2.38 bits per heavy atom. The normalized spacial score (nSPS) is 12.0. The number of rotatable bonds is 5. The van der Waals surface area contributed by atoms with Crippen LogP contribution in [-0.2, 0) is 6.61 Å². The van der Waals surface area contributed by atoms with Gasteiger partial charge in [0.25, 0.3) is 0 Å². The van der Waals surface area contributed by atoms with Gasteiger partial charge < -0.3 is 14.6 Å².